The molecule has 0 aromatic carbocycles. The molecule has 29 heavy (non-hydrogen) atoms. The van der Waals surface area contributed by atoms with Crippen LogP contribution < -0.4 is 16.4 Å². The average molecular weight is 432 g/mol. The number of carbonyl (C=O) groups is 2. The van der Waals surface area contributed by atoms with Gasteiger partial charge < -0.3 is 15.5 Å². The molecule has 0 unspecified atom stereocenters. The molecule has 2 heterocycles. The van der Waals surface area contributed by atoms with Crippen molar-refractivity contribution in [2.45, 2.75) is 40.0 Å². The number of thiophene rings is 1. The minimum Gasteiger partial charge on any atom is -0.465 e. The summed E-state index contributed by atoms with van der Waals surface area (Å²) in [5.74, 6) is 0.231. The van der Waals surface area contributed by atoms with Crippen molar-refractivity contribution < 1.29 is 14.0 Å². The second-order valence-corrected chi connectivity index (χ2v) is 9.68. The van der Waals surface area contributed by atoms with E-state index in [1.807, 2.05) is 0 Å². The van der Waals surface area contributed by atoms with Gasteiger partial charge in [0, 0.05) is 11.0 Å². The van der Waals surface area contributed by atoms with Gasteiger partial charge in [0.15, 0.2) is 5.11 Å². The van der Waals surface area contributed by atoms with Crippen molar-refractivity contribution >= 4 is 51.6 Å². The highest BCUT2D eigenvalue weighted by atomic mass is 32.1. The lowest BCUT2D eigenvalue weighted by Gasteiger charge is -2.33. The monoisotopic (exact) mass is 431 g/mol. The number of hydrogen-bond acceptors (Lipinski definition) is 5. The zero-order chi connectivity index (χ0) is 21.2. The van der Waals surface area contributed by atoms with Crippen LogP contribution in [0.15, 0.2) is 28.9 Å². The van der Waals surface area contributed by atoms with Gasteiger partial charge >= 0.3 is 0 Å². The maximum atomic E-state index is 12.1. The van der Waals surface area contributed by atoms with Gasteiger partial charge in [-0.1, -0.05) is 20.8 Å². The topological polar surface area (TPSA) is 97.4 Å². The van der Waals surface area contributed by atoms with E-state index < -0.39 is 11.8 Å². The normalized spacial score (nSPS) is 16.4. The molecular weight excluding hydrogens is 406 g/mol. The van der Waals surface area contributed by atoms with Gasteiger partial charge in [-0.25, -0.2) is 0 Å². The lowest BCUT2D eigenvalue weighted by Crippen LogP contribution is -2.33. The van der Waals surface area contributed by atoms with Gasteiger partial charge in [-0.3, -0.25) is 14.9 Å². The number of thiocarbonyl (C=S) groups is 1. The van der Waals surface area contributed by atoms with Gasteiger partial charge in [0.1, 0.15) is 10.8 Å². The molecular formula is C21H25N3O3S2. The number of furan rings is 1. The number of amides is 2. The van der Waals surface area contributed by atoms with Gasteiger partial charge in [0.05, 0.1) is 11.8 Å². The molecule has 0 fully saturated rings. The molecule has 8 heteroatoms. The van der Waals surface area contributed by atoms with Crippen molar-refractivity contribution in [1.82, 2.24) is 5.32 Å². The zero-order valence-corrected chi connectivity index (χ0v) is 18.3. The van der Waals surface area contributed by atoms with Crippen LogP contribution in [0.4, 0.5) is 5.00 Å². The number of carbonyl (C=O) groups excluding carboxylic acids is 2. The molecule has 6 nitrogen and oxygen atoms in total. The molecule has 0 spiro atoms. The van der Waals surface area contributed by atoms with E-state index in [2.05, 4.69) is 31.4 Å². The Labute approximate surface area is 179 Å². The summed E-state index contributed by atoms with van der Waals surface area (Å²) >= 11 is 6.74. The average Bonchev–Trinajstić information content (AvgIpc) is 3.25. The lowest BCUT2D eigenvalue weighted by atomic mass is 9.72. The van der Waals surface area contributed by atoms with Gasteiger partial charge in [-0.2, -0.15) is 0 Å². The molecule has 3 rings (SSSR count). The Hall–Kier alpha value is -2.45. The first-order valence-corrected chi connectivity index (χ1v) is 10.7. The van der Waals surface area contributed by atoms with Crippen LogP contribution in [0.1, 0.15) is 53.8 Å². The summed E-state index contributed by atoms with van der Waals surface area (Å²) in [6.07, 6.45) is 7.15. The van der Waals surface area contributed by atoms with Gasteiger partial charge in [0.2, 0.25) is 5.91 Å². The fourth-order valence-electron chi connectivity index (χ4n) is 3.51. The number of anilines is 1. The molecule has 0 radical (unpaired) electrons. The van der Waals surface area contributed by atoms with E-state index in [9.17, 15) is 9.59 Å². The first-order valence-electron chi connectivity index (χ1n) is 9.43. The van der Waals surface area contributed by atoms with Crippen molar-refractivity contribution in [1.29, 1.82) is 0 Å². The Morgan fingerprint density at radius 2 is 2.14 bits per heavy atom. The molecule has 154 valence electrons. The molecule has 2 aromatic rings. The molecule has 0 saturated heterocycles. The van der Waals surface area contributed by atoms with Crippen molar-refractivity contribution in [3.05, 3.63) is 46.2 Å². The number of fused-ring (bicyclic) bond motifs is 1. The summed E-state index contributed by atoms with van der Waals surface area (Å²) in [6, 6.07) is 3.47. The molecule has 0 saturated carbocycles. The predicted molar refractivity (Wildman–Crippen MR) is 120 cm³/mol. The first-order chi connectivity index (χ1) is 13.6. The SMILES string of the molecule is CC(C)(C)[C@@H]1CCc2c(sc(NC(=S)NC(=O)/C=C/c3ccco3)c2C(N)=O)C1. The summed E-state index contributed by atoms with van der Waals surface area (Å²) < 4.78 is 5.14. The smallest absolute Gasteiger partial charge is 0.251 e. The van der Waals surface area contributed by atoms with Crippen LogP contribution in [0.5, 0.6) is 0 Å². The van der Waals surface area contributed by atoms with Crippen LogP contribution >= 0.6 is 23.6 Å². The Balaban J connectivity index is 1.72. The van der Waals surface area contributed by atoms with Crippen molar-refractivity contribution in [2.24, 2.45) is 17.1 Å². The first kappa shape index (κ1) is 21.3. The summed E-state index contributed by atoms with van der Waals surface area (Å²) in [6.45, 7) is 6.72. The zero-order valence-electron chi connectivity index (χ0n) is 16.7. The number of nitrogens with one attached hydrogen (secondary N) is 2. The van der Waals surface area contributed by atoms with E-state index in [1.54, 1.807) is 18.2 Å². The third-order valence-corrected chi connectivity index (χ3v) is 6.52. The highest BCUT2D eigenvalue weighted by Gasteiger charge is 2.33. The number of hydrogen-bond donors (Lipinski definition) is 3. The minimum atomic E-state index is -0.481. The predicted octanol–water partition coefficient (Wildman–Crippen LogP) is 4.12. The highest BCUT2D eigenvalue weighted by molar-refractivity contribution is 7.80. The maximum absolute atomic E-state index is 12.1. The van der Waals surface area contributed by atoms with Crippen LogP contribution in [0.2, 0.25) is 0 Å². The van der Waals surface area contributed by atoms with E-state index in [-0.39, 0.29) is 10.5 Å². The molecule has 2 aromatic heterocycles. The molecule has 1 aliphatic carbocycles. The maximum Gasteiger partial charge on any atom is 0.251 e. The Morgan fingerprint density at radius 3 is 2.76 bits per heavy atom. The quantitative estimate of drug-likeness (QED) is 0.500. The van der Waals surface area contributed by atoms with E-state index in [1.165, 1.54) is 28.6 Å². The molecule has 2 amide bonds. The van der Waals surface area contributed by atoms with E-state index in [0.717, 1.165) is 24.8 Å². The van der Waals surface area contributed by atoms with Crippen molar-refractivity contribution in [2.75, 3.05) is 5.32 Å². The lowest BCUT2D eigenvalue weighted by molar-refractivity contribution is -0.115. The Kier molecular flexibility index (Phi) is 6.24. The van der Waals surface area contributed by atoms with E-state index >= 15 is 0 Å². The minimum absolute atomic E-state index is 0.118. The summed E-state index contributed by atoms with van der Waals surface area (Å²) in [7, 11) is 0. The highest BCUT2D eigenvalue weighted by Crippen LogP contribution is 2.44. The third kappa shape index (κ3) is 5.13. The third-order valence-electron chi connectivity index (χ3n) is 5.14. The van der Waals surface area contributed by atoms with Crippen LogP contribution in [-0.2, 0) is 17.6 Å². The Morgan fingerprint density at radius 1 is 1.38 bits per heavy atom. The van der Waals surface area contributed by atoms with Crippen molar-refractivity contribution in [3.8, 4) is 0 Å². The molecule has 0 bridgehead atoms. The van der Waals surface area contributed by atoms with Gasteiger partial charge in [-0.15, -0.1) is 11.3 Å². The summed E-state index contributed by atoms with van der Waals surface area (Å²) in [5.41, 5.74) is 7.36. The Bertz CT molecular complexity index is 953. The number of rotatable bonds is 4. The number of primary amides is 1. The van der Waals surface area contributed by atoms with E-state index in [0.29, 0.717) is 22.2 Å². The van der Waals surface area contributed by atoms with Crippen LogP contribution in [0.3, 0.4) is 0 Å². The van der Waals surface area contributed by atoms with Crippen LogP contribution in [-0.4, -0.2) is 16.9 Å². The molecule has 0 aliphatic heterocycles. The van der Waals surface area contributed by atoms with Crippen LogP contribution in [0.25, 0.3) is 6.08 Å². The molecule has 4 N–H and O–H groups in total. The fraction of sp³-hybridized carbons (Fsp3) is 0.381. The second kappa shape index (κ2) is 8.51. The standard InChI is InChI=1S/C21H25N3O3S2/c1-21(2,3)12-6-8-14-15(11-12)29-19(17(14)18(22)26)24-20(28)23-16(25)9-7-13-5-4-10-27-13/h4-5,7,9-10,12H,6,8,11H2,1-3H3,(H2,22,26)(H2,23,24,25,28)/b9-7+/t12-/m1/s1. The van der Waals surface area contributed by atoms with Crippen molar-refractivity contribution in [3.63, 3.8) is 0 Å². The summed E-state index contributed by atoms with van der Waals surface area (Å²) in [5, 5.41) is 6.28. The molecule has 1 atom stereocenters. The number of nitrogens with two attached hydrogens (primary N) is 1. The van der Waals surface area contributed by atoms with Gasteiger partial charge in [0.25, 0.3) is 5.91 Å². The van der Waals surface area contributed by atoms with Gasteiger partial charge in [-0.05, 0) is 66.6 Å². The summed E-state index contributed by atoms with van der Waals surface area (Å²) in [4.78, 5) is 25.3. The van der Waals surface area contributed by atoms with E-state index in [4.69, 9.17) is 22.4 Å². The fourth-order valence-corrected chi connectivity index (χ4v) is 5.11. The largest absolute Gasteiger partial charge is 0.465 e. The molecule has 1 aliphatic rings. The second-order valence-electron chi connectivity index (χ2n) is 8.17. The van der Waals surface area contributed by atoms with Crippen LogP contribution in [0, 0.1) is 11.3 Å².